The van der Waals surface area contributed by atoms with E-state index in [1.165, 1.54) is 44.9 Å². The molecule has 9 heteroatoms. The van der Waals surface area contributed by atoms with Gasteiger partial charge in [0.1, 0.15) is 12.4 Å². The fourth-order valence-electron chi connectivity index (χ4n) is 2.70. The molecule has 0 bridgehead atoms. The molecule has 0 aromatic heterocycles. The molecule has 1 amide bonds. The molecule has 0 aliphatic carbocycles. The Kier molecular flexibility index (Phi) is 21.7. The minimum absolute atomic E-state index is 0.0809. The van der Waals surface area contributed by atoms with Gasteiger partial charge in [-0.25, -0.2) is 4.79 Å². The SMILES string of the molecule is CCCCCCCCCCOc1ccc(C(=O)O)cc1.O=CNCCOCCOCC(=O)P. The van der Waals surface area contributed by atoms with Crippen molar-refractivity contribution in [2.24, 2.45) is 0 Å². The second kappa shape index (κ2) is 23.1. The van der Waals surface area contributed by atoms with Crippen molar-refractivity contribution in [3.8, 4) is 5.75 Å². The number of hydrogen-bond donors (Lipinski definition) is 2. The Labute approximate surface area is 200 Å². The number of ether oxygens (including phenoxy) is 3. The highest BCUT2D eigenvalue weighted by molar-refractivity contribution is 7.40. The number of nitrogens with one attached hydrogen (secondary N) is 1. The lowest BCUT2D eigenvalue weighted by Crippen LogP contribution is -2.19. The van der Waals surface area contributed by atoms with Gasteiger partial charge in [-0.15, -0.1) is 0 Å². The summed E-state index contributed by atoms with van der Waals surface area (Å²) in [6, 6.07) is 6.58. The fraction of sp³-hybridized carbons (Fsp3) is 0.625. The van der Waals surface area contributed by atoms with Crippen LogP contribution in [-0.2, 0) is 19.1 Å². The van der Waals surface area contributed by atoms with Crippen LogP contribution in [0.25, 0.3) is 0 Å². The number of rotatable bonds is 20. The van der Waals surface area contributed by atoms with E-state index in [0.717, 1.165) is 12.2 Å². The van der Waals surface area contributed by atoms with Crippen LogP contribution in [-0.4, -0.2) is 62.6 Å². The van der Waals surface area contributed by atoms with E-state index in [-0.39, 0.29) is 12.1 Å². The first-order valence-corrected chi connectivity index (χ1v) is 12.2. The zero-order chi connectivity index (χ0) is 24.6. The topological polar surface area (TPSA) is 111 Å². The smallest absolute Gasteiger partial charge is 0.335 e. The third-order valence-corrected chi connectivity index (χ3v) is 4.62. The molecular weight excluding hydrogens is 445 g/mol. The number of amides is 1. The molecule has 0 aliphatic heterocycles. The van der Waals surface area contributed by atoms with Gasteiger partial charge in [-0.1, -0.05) is 61.1 Å². The Hall–Kier alpha value is -2.02. The molecule has 0 saturated heterocycles. The summed E-state index contributed by atoms with van der Waals surface area (Å²) in [5.74, 6) is -0.155. The van der Waals surface area contributed by atoms with Crippen molar-refractivity contribution in [3.05, 3.63) is 29.8 Å². The first kappa shape index (κ1) is 31.0. The molecule has 0 heterocycles. The average molecular weight is 486 g/mol. The quantitative estimate of drug-likeness (QED) is 0.163. The van der Waals surface area contributed by atoms with E-state index in [0.29, 0.717) is 44.9 Å². The number of aromatic carboxylic acids is 1. The molecule has 0 fully saturated rings. The molecule has 2 N–H and O–H groups in total. The maximum atomic E-state index is 10.7. The van der Waals surface area contributed by atoms with Gasteiger partial charge in [0, 0.05) is 6.54 Å². The molecule has 0 radical (unpaired) electrons. The van der Waals surface area contributed by atoms with Gasteiger partial charge in [-0.3, -0.25) is 9.59 Å². The lowest BCUT2D eigenvalue weighted by Gasteiger charge is -2.06. The van der Waals surface area contributed by atoms with Crippen LogP contribution in [0, 0.1) is 0 Å². The number of carbonyl (C=O) groups is 3. The van der Waals surface area contributed by atoms with Crippen molar-refractivity contribution >= 4 is 27.1 Å². The Bertz CT molecular complexity index is 626. The molecule has 1 atom stereocenters. The van der Waals surface area contributed by atoms with Crippen LogP contribution < -0.4 is 10.1 Å². The van der Waals surface area contributed by atoms with Gasteiger partial charge in [0.2, 0.25) is 6.41 Å². The number of hydrogen-bond acceptors (Lipinski definition) is 6. The monoisotopic (exact) mass is 485 g/mol. The van der Waals surface area contributed by atoms with Gasteiger partial charge in [0.15, 0.2) is 5.52 Å². The minimum atomic E-state index is -0.903. The second-order valence-corrected chi connectivity index (χ2v) is 8.00. The molecule has 1 aromatic carbocycles. The van der Waals surface area contributed by atoms with Gasteiger partial charge in [-0.2, -0.15) is 0 Å². The zero-order valence-corrected chi connectivity index (χ0v) is 20.9. The summed E-state index contributed by atoms with van der Waals surface area (Å²) in [6.07, 6.45) is 10.9. The fourth-order valence-corrected chi connectivity index (χ4v) is 2.82. The molecule has 1 aromatic rings. The number of benzene rings is 1. The standard InChI is InChI=1S/C17H26O3.C7H14NO4P/c1-2-3-4-5-6-7-8-9-14-20-16-12-10-15(11-13-16)17(18)19;9-6-8-1-2-11-3-4-12-5-7(10)13/h10-13H,2-9,14H2,1H3,(H,18,19);6H,1-5,13H2,(H,8,9). The summed E-state index contributed by atoms with van der Waals surface area (Å²) in [5, 5.41) is 11.2. The summed E-state index contributed by atoms with van der Waals surface area (Å²) >= 11 is 0. The number of carboxylic acids is 1. The van der Waals surface area contributed by atoms with Crippen molar-refractivity contribution in [2.45, 2.75) is 58.3 Å². The molecule has 8 nitrogen and oxygen atoms in total. The van der Waals surface area contributed by atoms with E-state index in [1.807, 2.05) is 9.24 Å². The Morgan fingerprint density at radius 2 is 1.52 bits per heavy atom. The number of carboxylic acid groups (broad SMARTS) is 1. The Morgan fingerprint density at radius 1 is 0.909 bits per heavy atom. The third kappa shape index (κ3) is 21.6. The summed E-state index contributed by atoms with van der Waals surface area (Å²) in [6.45, 7) is 4.81. The highest BCUT2D eigenvalue weighted by Gasteiger charge is 2.02. The maximum absolute atomic E-state index is 10.7. The van der Waals surface area contributed by atoms with Crippen LogP contribution in [0.5, 0.6) is 5.75 Å². The molecule has 0 aliphatic rings. The molecule has 188 valence electrons. The van der Waals surface area contributed by atoms with Crippen LogP contribution in [0.3, 0.4) is 0 Å². The summed E-state index contributed by atoms with van der Waals surface area (Å²) in [4.78, 5) is 30.8. The predicted molar refractivity (Wildman–Crippen MR) is 132 cm³/mol. The third-order valence-electron chi connectivity index (χ3n) is 4.46. The summed E-state index contributed by atoms with van der Waals surface area (Å²) in [7, 11) is 2.03. The summed E-state index contributed by atoms with van der Waals surface area (Å²) in [5.41, 5.74) is 0.215. The van der Waals surface area contributed by atoms with Gasteiger partial charge < -0.3 is 24.6 Å². The molecule has 1 unspecified atom stereocenters. The van der Waals surface area contributed by atoms with E-state index in [2.05, 4.69) is 12.2 Å². The minimum Gasteiger partial charge on any atom is -0.494 e. The van der Waals surface area contributed by atoms with Crippen LogP contribution in [0.1, 0.15) is 68.6 Å². The molecular formula is C24H40NO7P. The Morgan fingerprint density at radius 3 is 2.09 bits per heavy atom. The van der Waals surface area contributed by atoms with Crippen LogP contribution in [0.4, 0.5) is 0 Å². The van der Waals surface area contributed by atoms with E-state index in [9.17, 15) is 14.4 Å². The van der Waals surface area contributed by atoms with Crippen LogP contribution in [0.15, 0.2) is 24.3 Å². The summed E-state index contributed by atoms with van der Waals surface area (Å²) < 4.78 is 15.6. The van der Waals surface area contributed by atoms with Gasteiger partial charge in [-0.05, 0) is 30.7 Å². The van der Waals surface area contributed by atoms with Crippen LogP contribution >= 0.6 is 9.24 Å². The largest absolute Gasteiger partial charge is 0.494 e. The van der Waals surface area contributed by atoms with Crippen LogP contribution in [0.2, 0.25) is 0 Å². The number of carbonyl (C=O) groups excluding carboxylic acids is 2. The van der Waals surface area contributed by atoms with Crippen molar-refractivity contribution in [1.82, 2.24) is 5.32 Å². The van der Waals surface area contributed by atoms with Gasteiger partial charge in [0.25, 0.3) is 0 Å². The highest BCUT2D eigenvalue weighted by Crippen LogP contribution is 2.13. The molecule has 1 rings (SSSR count). The van der Waals surface area contributed by atoms with Crippen molar-refractivity contribution in [2.75, 3.05) is 39.6 Å². The van der Waals surface area contributed by atoms with Gasteiger partial charge >= 0.3 is 5.97 Å². The van der Waals surface area contributed by atoms with Crippen molar-refractivity contribution < 1.29 is 33.7 Å². The zero-order valence-electron chi connectivity index (χ0n) is 19.8. The Balaban J connectivity index is 0.000000684. The second-order valence-electron chi connectivity index (χ2n) is 7.36. The first-order valence-electron chi connectivity index (χ1n) is 11.6. The lowest BCUT2D eigenvalue weighted by atomic mass is 10.1. The van der Waals surface area contributed by atoms with E-state index in [4.69, 9.17) is 19.3 Å². The lowest BCUT2D eigenvalue weighted by molar-refractivity contribution is -0.116. The highest BCUT2D eigenvalue weighted by atomic mass is 31.0. The normalized spacial score (nSPS) is 10.1. The van der Waals surface area contributed by atoms with Gasteiger partial charge in [0.05, 0.1) is 32.0 Å². The van der Waals surface area contributed by atoms with E-state index < -0.39 is 5.97 Å². The average Bonchev–Trinajstić information content (AvgIpc) is 2.80. The predicted octanol–water partition coefficient (Wildman–Crippen LogP) is 4.07. The van der Waals surface area contributed by atoms with E-state index in [1.54, 1.807) is 24.3 Å². The van der Waals surface area contributed by atoms with E-state index >= 15 is 0 Å². The van der Waals surface area contributed by atoms with Crippen molar-refractivity contribution in [3.63, 3.8) is 0 Å². The molecule has 33 heavy (non-hydrogen) atoms. The van der Waals surface area contributed by atoms with Crippen molar-refractivity contribution in [1.29, 1.82) is 0 Å². The number of unbranched alkanes of at least 4 members (excludes halogenated alkanes) is 7. The maximum Gasteiger partial charge on any atom is 0.335 e. The molecule has 0 spiro atoms. The first-order chi connectivity index (χ1) is 16.0. The molecule has 0 saturated carbocycles.